The van der Waals surface area contributed by atoms with Crippen LogP contribution in [0.5, 0.6) is 0 Å². The molecule has 1 aliphatic heterocycles. The number of carbonyl (C=O) groups is 1. The molecule has 0 aliphatic carbocycles. The van der Waals surface area contributed by atoms with Crippen LogP contribution >= 0.6 is 0 Å². The molecule has 0 aromatic heterocycles. The molecule has 1 heterocycles. The summed E-state index contributed by atoms with van der Waals surface area (Å²) in [5.74, 6) is -1.07. The van der Waals surface area contributed by atoms with Crippen LogP contribution in [0.15, 0.2) is 35.2 Å². The lowest BCUT2D eigenvalue weighted by Gasteiger charge is -2.52. The van der Waals surface area contributed by atoms with Crippen LogP contribution in [0.1, 0.15) is 20.8 Å². The monoisotopic (exact) mass is 388 g/mol. The van der Waals surface area contributed by atoms with Gasteiger partial charge in [0.2, 0.25) is 5.60 Å². The van der Waals surface area contributed by atoms with Gasteiger partial charge in [0, 0.05) is 10.3 Å². The van der Waals surface area contributed by atoms with Gasteiger partial charge in [-0.05, 0) is 12.1 Å². The number of carbonyl (C=O) groups excluding carboxylic acids is 1. The Hall–Kier alpha value is -1.20. The molecule has 146 valence electrons. The van der Waals surface area contributed by atoms with Crippen LogP contribution < -0.4 is 0 Å². The zero-order valence-electron chi connectivity index (χ0n) is 14.7. The molecule has 1 fully saturated rings. The minimum atomic E-state index is -3.10. The molecular weight excluding hydrogens is 364 g/mol. The van der Waals surface area contributed by atoms with Crippen molar-refractivity contribution < 1.29 is 39.3 Å². The van der Waals surface area contributed by atoms with Crippen molar-refractivity contribution in [2.24, 2.45) is 5.41 Å². The van der Waals surface area contributed by atoms with Gasteiger partial charge in [-0.15, -0.1) is 0 Å². The zero-order valence-corrected chi connectivity index (χ0v) is 15.5. The van der Waals surface area contributed by atoms with E-state index < -0.39 is 57.6 Å². The highest BCUT2D eigenvalue weighted by Gasteiger charge is 2.71. The van der Waals surface area contributed by atoms with Crippen molar-refractivity contribution in [2.75, 3.05) is 6.61 Å². The summed E-state index contributed by atoms with van der Waals surface area (Å²) in [5, 5.41) is 49.0. The molecule has 26 heavy (non-hydrogen) atoms. The summed E-state index contributed by atoms with van der Waals surface area (Å²) in [6, 6.07) is 7.45. The maximum atomic E-state index is 13.0. The van der Waals surface area contributed by atoms with Gasteiger partial charge in [-0.25, -0.2) is 4.21 Å². The largest absolute Gasteiger partial charge is 0.394 e. The standard InChI is InChI=1S/C17H24O8S/c1-15(2,3)14(21)16(22)13(20)12(19)11(9-18)25-17(16,23)26(24)10-7-5-4-6-8-10/h4-8,11-13,18-20,22-23H,9H2,1-3H3/t11-,12+,13+,16+,17+,26?/m0/s1. The minimum absolute atomic E-state index is 0.0235. The Balaban J connectivity index is 2.67. The van der Waals surface area contributed by atoms with Gasteiger partial charge in [0.05, 0.1) is 6.61 Å². The van der Waals surface area contributed by atoms with Crippen LogP contribution in [0.4, 0.5) is 0 Å². The van der Waals surface area contributed by atoms with E-state index in [0.717, 1.165) is 0 Å². The Labute approximate surface area is 153 Å². The number of rotatable bonds is 4. The molecule has 0 spiro atoms. The van der Waals surface area contributed by atoms with Crippen molar-refractivity contribution in [3.63, 3.8) is 0 Å². The third-order valence-electron chi connectivity index (χ3n) is 4.34. The molecule has 1 aliphatic rings. The highest BCUT2D eigenvalue weighted by Crippen LogP contribution is 2.44. The molecule has 1 aromatic rings. The number of hydrogen-bond acceptors (Lipinski definition) is 8. The summed E-state index contributed by atoms with van der Waals surface area (Å²) >= 11 is 0. The van der Waals surface area contributed by atoms with E-state index >= 15 is 0 Å². The molecule has 9 heteroatoms. The SMILES string of the molecule is CC(C)(C)C(=O)[C@]1(O)[C@H](O)[C@H](O)[C@H](CO)O[C@@]1(O)S(=O)c1ccccc1. The normalized spacial score (nSPS) is 36.5. The smallest absolute Gasteiger partial charge is 0.289 e. The summed E-state index contributed by atoms with van der Waals surface area (Å²) in [6.07, 6.45) is -5.68. The van der Waals surface area contributed by atoms with Gasteiger partial charge in [0.25, 0.3) is 5.12 Å². The molecule has 8 nitrogen and oxygen atoms in total. The second-order valence-corrected chi connectivity index (χ2v) is 8.85. The van der Waals surface area contributed by atoms with Gasteiger partial charge >= 0.3 is 0 Å². The van der Waals surface area contributed by atoms with Crippen molar-refractivity contribution >= 4 is 16.6 Å². The lowest BCUT2D eigenvalue weighted by molar-refractivity contribution is -0.338. The van der Waals surface area contributed by atoms with Gasteiger partial charge in [-0.2, -0.15) is 0 Å². The van der Waals surface area contributed by atoms with E-state index in [1.54, 1.807) is 6.07 Å². The molecule has 2 rings (SSSR count). The number of benzene rings is 1. The number of aliphatic hydroxyl groups is 5. The Morgan fingerprint density at radius 3 is 2.19 bits per heavy atom. The quantitative estimate of drug-likeness (QED) is 0.437. The number of ether oxygens (including phenoxy) is 1. The van der Waals surface area contributed by atoms with Crippen LogP contribution in [0.3, 0.4) is 0 Å². The number of Topliss-reactive ketones (excluding diaryl/α,β-unsaturated/α-hetero) is 1. The second kappa shape index (κ2) is 7.08. The van der Waals surface area contributed by atoms with E-state index in [-0.39, 0.29) is 4.90 Å². The Kier molecular flexibility index (Phi) is 5.75. The average Bonchev–Trinajstić information content (AvgIpc) is 2.61. The van der Waals surface area contributed by atoms with Crippen LogP contribution in [0.25, 0.3) is 0 Å². The van der Waals surface area contributed by atoms with E-state index in [2.05, 4.69) is 0 Å². The van der Waals surface area contributed by atoms with Crippen LogP contribution in [0, 0.1) is 5.41 Å². The van der Waals surface area contributed by atoms with Gasteiger partial charge < -0.3 is 30.3 Å². The Morgan fingerprint density at radius 2 is 1.73 bits per heavy atom. The number of ketones is 1. The summed E-state index contributed by atoms with van der Waals surface area (Å²) in [7, 11) is -2.54. The topological polar surface area (TPSA) is 145 Å². The average molecular weight is 388 g/mol. The van der Waals surface area contributed by atoms with E-state index in [9.17, 15) is 34.5 Å². The van der Waals surface area contributed by atoms with E-state index in [4.69, 9.17) is 4.74 Å². The summed E-state index contributed by atoms with van der Waals surface area (Å²) < 4.78 is 18.2. The van der Waals surface area contributed by atoms with Gasteiger partial charge in [0.1, 0.15) is 29.1 Å². The summed E-state index contributed by atoms with van der Waals surface area (Å²) in [4.78, 5) is 12.9. The Bertz CT molecular complexity index is 688. The fourth-order valence-corrected chi connectivity index (χ4v) is 4.32. The van der Waals surface area contributed by atoms with E-state index in [1.807, 2.05) is 0 Å². The second-order valence-electron chi connectivity index (χ2n) is 7.28. The third-order valence-corrected chi connectivity index (χ3v) is 5.95. The van der Waals surface area contributed by atoms with Gasteiger partial charge in [-0.3, -0.25) is 4.79 Å². The first-order chi connectivity index (χ1) is 11.9. The summed E-state index contributed by atoms with van der Waals surface area (Å²) in [5.41, 5.74) is -4.38. The minimum Gasteiger partial charge on any atom is -0.394 e. The highest BCUT2D eigenvalue weighted by molar-refractivity contribution is 7.86. The van der Waals surface area contributed by atoms with E-state index in [0.29, 0.717) is 0 Å². The third kappa shape index (κ3) is 3.13. The van der Waals surface area contributed by atoms with Crippen LogP contribution in [-0.2, 0) is 20.3 Å². The predicted octanol–water partition coefficient (Wildman–Crippen LogP) is -1.10. The van der Waals surface area contributed by atoms with Crippen molar-refractivity contribution in [1.82, 2.24) is 0 Å². The predicted molar refractivity (Wildman–Crippen MR) is 91.2 cm³/mol. The zero-order chi connectivity index (χ0) is 19.9. The van der Waals surface area contributed by atoms with Crippen molar-refractivity contribution in [3.05, 3.63) is 30.3 Å². The van der Waals surface area contributed by atoms with Crippen molar-refractivity contribution in [1.29, 1.82) is 0 Å². The first-order valence-electron chi connectivity index (χ1n) is 8.02. The lowest BCUT2D eigenvalue weighted by atomic mass is 9.73. The number of hydrogen-bond donors (Lipinski definition) is 5. The van der Waals surface area contributed by atoms with Gasteiger partial charge in [-0.1, -0.05) is 39.0 Å². The first-order valence-corrected chi connectivity index (χ1v) is 9.17. The summed E-state index contributed by atoms with van der Waals surface area (Å²) in [6.45, 7) is 3.44. The first kappa shape index (κ1) is 21.1. The number of aliphatic hydroxyl groups excluding tert-OH is 3. The molecule has 1 unspecified atom stereocenters. The Morgan fingerprint density at radius 1 is 1.19 bits per heavy atom. The maximum Gasteiger partial charge on any atom is 0.289 e. The molecule has 0 saturated carbocycles. The molecule has 1 aromatic carbocycles. The molecule has 6 atom stereocenters. The highest BCUT2D eigenvalue weighted by atomic mass is 32.2. The van der Waals surface area contributed by atoms with Crippen molar-refractivity contribution in [2.45, 2.75) is 54.7 Å². The van der Waals surface area contributed by atoms with Crippen molar-refractivity contribution in [3.8, 4) is 0 Å². The fourth-order valence-electron chi connectivity index (χ4n) is 2.89. The fraction of sp³-hybridized carbons (Fsp3) is 0.588. The molecule has 5 N–H and O–H groups in total. The van der Waals surface area contributed by atoms with Gasteiger partial charge in [0.15, 0.2) is 5.78 Å². The molecule has 0 radical (unpaired) electrons. The van der Waals surface area contributed by atoms with Crippen LogP contribution in [-0.4, -0.2) is 71.2 Å². The van der Waals surface area contributed by atoms with Crippen LogP contribution in [0.2, 0.25) is 0 Å². The lowest BCUT2D eigenvalue weighted by Crippen LogP contribution is -2.78. The molecule has 0 amide bonds. The maximum absolute atomic E-state index is 13.0. The molecule has 1 saturated heterocycles. The molecule has 0 bridgehead atoms. The van der Waals surface area contributed by atoms with E-state index in [1.165, 1.54) is 45.0 Å². The molecular formula is C17H24O8S.